The van der Waals surface area contributed by atoms with Crippen molar-refractivity contribution in [3.63, 3.8) is 0 Å². The molecule has 1 aromatic rings. The molecule has 1 N–H and O–H groups in total. The Hall–Kier alpha value is -2.28. The molecule has 1 amide bonds. The molecular weight excluding hydrogens is 384 g/mol. The van der Waals surface area contributed by atoms with E-state index in [2.05, 4.69) is 29.4 Å². The molecule has 1 aliphatic heterocycles. The molecule has 30 heavy (non-hydrogen) atoms. The first-order valence-corrected chi connectivity index (χ1v) is 10.7. The van der Waals surface area contributed by atoms with Crippen LogP contribution in [0, 0.1) is 5.92 Å². The summed E-state index contributed by atoms with van der Waals surface area (Å²) in [5.41, 5.74) is 0.678. The molecule has 7 heteroatoms. The van der Waals surface area contributed by atoms with Gasteiger partial charge in [-0.2, -0.15) is 0 Å². The van der Waals surface area contributed by atoms with Crippen molar-refractivity contribution < 1.29 is 23.8 Å². The summed E-state index contributed by atoms with van der Waals surface area (Å²) in [6.45, 7) is 7.24. The first-order valence-electron chi connectivity index (χ1n) is 10.7. The van der Waals surface area contributed by atoms with Gasteiger partial charge in [0.2, 0.25) is 0 Å². The van der Waals surface area contributed by atoms with Crippen LogP contribution in [0.15, 0.2) is 24.3 Å². The number of nitrogens with one attached hydrogen (secondary N) is 1. The predicted molar refractivity (Wildman–Crippen MR) is 116 cm³/mol. The van der Waals surface area contributed by atoms with Crippen LogP contribution in [0.1, 0.15) is 58.1 Å². The number of hydrogen-bond donors (Lipinski definition) is 1. The third-order valence-electron chi connectivity index (χ3n) is 5.15. The third-order valence-corrected chi connectivity index (χ3v) is 5.15. The Labute approximate surface area is 180 Å². The molecule has 7 nitrogen and oxygen atoms in total. The summed E-state index contributed by atoms with van der Waals surface area (Å²) in [4.78, 5) is 26.1. The number of rotatable bonds is 8. The van der Waals surface area contributed by atoms with Crippen LogP contribution >= 0.6 is 0 Å². The standard InChI is InChI=1S/C23H36N2O5/c1-23(2,3)30-22(27)24-14-6-9-20(26)29-16-18-8-7-15-25(4)21(18)17-10-12-19(28-5)13-11-17/h10-13,18,21H,6-9,14-16H2,1-5H3,(H,24,27)/t18-,21-/m0/s1. The second-order valence-corrected chi connectivity index (χ2v) is 8.82. The van der Waals surface area contributed by atoms with Crippen LogP contribution in [0.4, 0.5) is 4.79 Å². The Morgan fingerprint density at radius 2 is 1.90 bits per heavy atom. The number of methoxy groups -OCH3 is 1. The SMILES string of the molecule is COc1ccc([C@H]2[C@H](COC(=O)CCCNC(=O)OC(C)(C)C)CCCN2C)cc1. The van der Waals surface area contributed by atoms with Gasteiger partial charge in [-0.15, -0.1) is 0 Å². The monoisotopic (exact) mass is 420 g/mol. The van der Waals surface area contributed by atoms with Gasteiger partial charge in [-0.05, 0) is 71.3 Å². The van der Waals surface area contributed by atoms with Crippen molar-refractivity contribution in [1.82, 2.24) is 10.2 Å². The Morgan fingerprint density at radius 1 is 1.20 bits per heavy atom. The van der Waals surface area contributed by atoms with Gasteiger partial charge in [-0.1, -0.05) is 12.1 Å². The fraction of sp³-hybridized carbons (Fsp3) is 0.652. The van der Waals surface area contributed by atoms with Gasteiger partial charge in [-0.3, -0.25) is 9.69 Å². The molecule has 1 aromatic carbocycles. The molecule has 0 saturated carbocycles. The number of ether oxygens (including phenoxy) is 3. The van der Waals surface area contributed by atoms with Gasteiger partial charge < -0.3 is 19.5 Å². The minimum absolute atomic E-state index is 0.214. The zero-order valence-electron chi connectivity index (χ0n) is 18.9. The number of esters is 1. The lowest BCUT2D eigenvalue weighted by atomic mass is 9.85. The first-order chi connectivity index (χ1) is 14.2. The number of alkyl carbamates (subject to hydrolysis) is 1. The number of hydrogen-bond acceptors (Lipinski definition) is 6. The van der Waals surface area contributed by atoms with Gasteiger partial charge in [0.1, 0.15) is 11.4 Å². The quantitative estimate of drug-likeness (QED) is 0.507. The summed E-state index contributed by atoms with van der Waals surface area (Å²) in [5.74, 6) is 0.851. The molecule has 0 aromatic heterocycles. The largest absolute Gasteiger partial charge is 0.497 e. The number of benzene rings is 1. The molecule has 0 unspecified atom stereocenters. The van der Waals surface area contributed by atoms with Crippen molar-refractivity contribution in [2.45, 2.75) is 58.1 Å². The normalized spacial score (nSPS) is 19.8. The van der Waals surface area contributed by atoms with Crippen molar-refractivity contribution in [1.29, 1.82) is 0 Å². The highest BCUT2D eigenvalue weighted by Crippen LogP contribution is 2.35. The summed E-state index contributed by atoms with van der Waals surface area (Å²) >= 11 is 0. The van der Waals surface area contributed by atoms with E-state index in [-0.39, 0.29) is 24.3 Å². The van der Waals surface area contributed by atoms with Gasteiger partial charge in [0.25, 0.3) is 0 Å². The van der Waals surface area contributed by atoms with Crippen molar-refractivity contribution in [3.05, 3.63) is 29.8 Å². The molecule has 0 radical (unpaired) electrons. The zero-order valence-corrected chi connectivity index (χ0v) is 18.9. The maximum Gasteiger partial charge on any atom is 0.407 e. The van der Waals surface area contributed by atoms with Crippen LogP contribution in [-0.2, 0) is 14.3 Å². The first kappa shape index (κ1) is 24.0. The Kier molecular flexibility index (Phi) is 8.96. The Bertz CT molecular complexity index is 684. The van der Waals surface area contributed by atoms with E-state index in [4.69, 9.17) is 14.2 Å². The van der Waals surface area contributed by atoms with Gasteiger partial charge in [0.05, 0.1) is 13.7 Å². The summed E-state index contributed by atoms with van der Waals surface area (Å²) in [6, 6.07) is 8.33. The van der Waals surface area contributed by atoms with Crippen LogP contribution in [0.5, 0.6) is 5.75 Å². The highest BCUT2D eigenvalue weighted by molar-refractivity contribution is 5.70. The van der Waals surface area contributed by atoms with E-state index in [1.54, 1.807) is 7.11 Å². The van der Waals surface area contributed by atoms with E-state index >= 15 is 0 Å². The molecular formula is C23H36N2O5. The highest BCUT2D eigenvalue weighted by Gasteiger charge is 2.31. The molecule has 168 valence electrons. The third kappa shape index (κ3) is 7.86. The molecule has 1 aliphatic rings. The van der Waals surface area contributed by atoms with E-state index in [0.29, 0.717) is 19.6 Å². The second-order valence-electron chi connectivity index (χ2n) is 8.82. The number of nitrogens with zero attached hydrogens (tertiary/aromatic N) is 1. The Morgan fingerprint density at radius 3 is 2.53 bits per heavy atom. The van der Waals surface area contributed by atoms with Crippen LogP contribution in [-0.4, -0.2) is 56.4 Å². The zero-order chi connectivity index (χ0) is 22.1. The van der Waals surface area contributed by atoms with Crippen molar-refractivity contribution in [2.75, 3.05) is 33.9 Å². The lowest BCUT2D eigenvalue weighted by molar-refractivity contribution is -0.146. The minimum Gasteiger partial charge on any atom is -0.497 e. The fourth-order valence-corrected chi connectivity index (χ4v) is 3.77. The molecule has 0 aliphatic carbocycles. The number of carbonyl (C=O) groups is 2. The molecule has 0 bridgehead atoms. The Balaban J connectivity index is 1.78. The molecule has 1 heterocycles. The smallest absolute Gasteiger partial charge is 0.407 e. The summed E-state index contributed by atoms with van der Waals surface area (Å²) < 4.78 is 16.0. The van der Waals surface area contributed by atoms with Crippen molar-refractivity contribution in [3.8, 4) is 5.75 Å². The maximum atomic E-state index is 12.2. The molecule has 2 rings (SSSR count). The number of piperidine rings is 1. The predicted octanol–water partition coefficient (Wildman–Crippen LogP) is 3.93. The minimum atomic E-state index is -0.531. The van der Waals surface area contributed by atoms with E-state index in [0.717, 1.165) is 25.1 Å². The van der Waals surface area contributed by atoms with Gasteiger partial charge >= 0.3 is 12.1 Å². The van der Waals surface area contributed by atoms with Crippen LogP contribution in [0.2, 0.25) is 0 Å². The fourth-order valence-electron chi connectivity index (χ4n) is 3.77. The molecule has 2 atom stereocenters. The molecule has 1 saturated heterocycles. The summed E-state index contributed by atoms with van der Waals surface area (Å²) in [7, 11) is 3.78. The average Bonchev–Trinajstić information content (AvgIpc) is 2.68. The molecule has 0 spiro atoms. The van der Waals surface area contributed by atoms with Gasteiger partial charge in [0.15, 0.2) is 0 Å². The van der Waals surface area contributed by atoms with E-state index in [1.807, 2.05) is 32.9 Å². The number of carbonyl (C=O) groups excluding carboxylic acids is 2. The number of likely N-dealkylation sites (tertiary alicyclic amines) is 1. The highest BCUT2D eigenvalue weighted by atomic mass is 16.6. The van der Waals surface area contributed by atoms with Gasteiger partial charge in [0, 0.05) is 24.9 Å². The van der Waals surface area contributed by atoms with Crippen LogP contribution in [0.25, 0.3) is 0 Å². The van der Waals surface area contributed by atoms with E-state index in [1.165, 1.54) is 5.56 Å². The van der Waals surface area contributed by atoms with Crippen LogP contribution in [0.3, 0.4) is 0 Å². The number of amides is 1. The molecule has 1 fully saturated rings. The topological polar surface area (TPSA) is 77.1 Å². The maximum absolute atomic E-state index is 12.2. The summed E-state index contributed by atoms with van der Waals surface area (Å²) in [6.07, 6.45) is 2.43. The average molecular weight is 421 g/mol. The van der Waals surface area contributed by atoms with Crippen molar-refractivity contribution >= 4 is 12.1 Å². The van der Waals surface area contributed by atoms with E-state index in [9.17, 15) is 9.59 Å². The second kappa shape index (κ2) is 11.2. The van der Waals surface area contributed by atoms with Gasteiger partial charge in [-0.25, -0.2) is 4.79 Å². The summed E-state index contributed by atoms with van der Waals surface area (Å²) in [5, 5.41) is 2.66. The van der Waals surface area contributed by atoms with Crippen molar-refractivity contribution in [2.24, 2.45) is 5.92 Å². The lowest BCUT2D eigenvalue weighted by Crippen LogP contribution is -2.38. The van der Waals surface area contributed by atoms with E-state index < -0.39 is 11.7 Å². The van der Waals surface area contributed by atoms with Crippen LogP contribution < -0.4 is 10.1 Å². The lowest BCUT2D eigenvalue weighted by Gasteiger charge is -2.39.